The summed E-state index contributed by atoms with van der Waals surface area (Å²) in [4.78, 5) is 0. The van der Waals surface area contributed by atoms with E-state index < -0.39 is 0 Å². The zero-order chi connectivity index (χ0) is 10.3. The van der Waals surface area contributed by atoms with Gasteiger partial charge in [0.1, 0.15) is 0 Å². The molecule has 0 aromatic rings. The van der Waals surface area contributed by atoms with Crippen LogP contribution in [0, 0.1) is 5.92 Å². The van der Waals surface area contributed by atoms with E-state index in [2.05, 4.69) is 39.6 Å². The zero-order valence-electron chi connectivity index (χ0n) is 9.64. The molecule has 1 nitrogen and oxygen atoms in total. The fraction of sp³-hybridized carbons (Fsp3) is 0.833. The summed E-state index contributed by atoms with van der Waals surface area (Å²) in [6.45, 7) is 12.7. The lowest BCUT2D eigenvalue weighted by molar-refractivity contribution is 0.351. The molecule has 0 radical (unpaired) electrons. The molecule has 13 heavy (non-hydrogen) atoms. The molecule has 78 valence electrons. The van der Waals surface area contributed by atoms with Gasteiger partial charge >= 0.3 is 0 Å². The van der Waals surface area contributed by atoms with Crippen LogP contribution in [0.3, 0.4) is 0 Å². The first-order valence-corrected chi connectivity index (χ1v) is 5.44. The molecular weight excluding hydrogens is 158 g/mol. The highest BCUT2D eigenvalue weighted by Crippen LogP contribution is 2.12. The molecule has 0 bridgehead atoms. The molecular formula is C12H25N. The van der Waals surface area contributed by atoms with E-state index >= 15 is 0 Å². The highest BCUT2D eigenvalue weighted by molar-refractivity contribution is 4.73. The summed E-state index contributed by atoms with van der Waals surface area (Å²) in [6, 6.07) is 1.22. The molecule has 0 saturated carbocycles. The highest BCUT2D eigenvalue weighted by Gasteiger charge is 2.11. The average Bonchev–Trinajstić information content (AvgIpc) is 2.03. The number of unbranched alkanes of at least 4 members (excludes halogenated alkanes) is 1. The smallest absolute Gasteiger partial charge is 0.00667 e. The molecule has 2 atom stereocenters. The van der Waals surface area contributed by atoms with Gasteiger partial charge in [0, 0.05) is 12.1 Å². The normalized spacial score (nSPS) is 15.8. The molecule has 2 unspecified atom stereocenters. The fourth-order valence-electron chi connectivity index (χ4n) is 1.52. The predicted molar refractivity (Wildman–Crippen MR) is 60.9 cm³/mol. The Bertz CT molecular complexity index is 129. The minimum atomic E-state index is 0.594. The van der Waals surface area contributed by atoms with Crippen LogP contribution < -0.4 is 5.32 Å². The topological polar surface area (TPSA) is 12.0 Å². The Balaban J connectivity index is 3.55. The Hall–Kier alpha value is -0.300. The maximum Gasteiger partial charge on any atom is 0.00667 e. The second-order valence-electron chi connectivity index (χ2n) is 4.31. The minimum Gasteiger partial charge on any atom is -0.312 e. The van der Waals surface area contributed by atoms with Gasteiger partial charge in [0.05, 0.1) is 0 Å². The van der Waals surface area contributed by atoms with E-state index in [-0.39, 0.29) is 0 Å². The first-order chi connectivity index (χ1) is 6.07. The third kappa shape index (κ3) is 6.83. The van der Waals surface area contributed by atoms with Gasteiger partial charge in [-0.15, -0.1) is 6.58 Å². The molecule has 0 fully saturated rings. The summed E-state index contributed by atoms with van der Waals surface area (Å²) in [5.41, 5.74) is 0. The van der Waals surface area contributed by atoms with E-state index in [9.17, 15) is 0 Å². The molecule has 0 saturated heterocycles. The Morgan fingerprint density at radius 1 is 1.23 bits per heavy atom. The molecule has 0 aromatic carbocycles. The van der Waals surface area contributed by atoms with Crippen LogP contribution in [-0.4, -0.2) is 12.1 Å². The monoisotopic (exact) mass is 183 g/mol. The molecule has 1 N–H and O–H groups in total. The highest BCUT2D eigenvalue weighted by atomic mass is 14.9. The molecule has 0 aliphatic heterocycles. The summed E-state index contributed by atoms with van der Waals surface area (Å²) in [6.07, 6.45) is 5.73. The van der Waals surface area contributed by atoms with Crippen molar-refractivity contribution < 1.29 is 0 Å². The first kappa shape index (κ1) is 12.7. The van der Waals surface area contributed by atoms with Crippen LogP contribution in [0.5, 0.6) is 0 Å². The summed E-state index contributed by atoms with van der Waals surface area (Å²) in [5, 5.41) is 3.54. The van der Waals surface area contributed by atoms with Crippen molar-refractivity contribution in [2.45, 2.75) is 59.0 Å². The molecule has 0 heterocycles. The van der Waals surface area contributed by atoms with Crippen LogP contribution >= 0.6 is 0 Å². The number of rotatable bonds is 7. The molecule has 0 aliphatic carbocycles. The van der Waals surface area contributed by atoms with Crippen LogP contribution in [0.2, 0.25) is 0 Å². The van der Waals surface area contributed by atoms with Crippen molar-refractivity contribution in [1.82, 2.24) is 5.32 Å². The minimum absolute atomic E-state index is 0.594. The third-order valence-corrected chi connectivity index (χ3v) is 2.52. The second kappa shape index (κ2) is 7.14. The molecule has 0 spiro atoms. The number of hydrogen-bond acceptors (Lipinski definition) is 1. The van der Waals surface area contributed by atoms with Gasteiger partial charge in [0.2, 0.25) is 0 Å². The molecule has 0 aromatic heterocycles. The maximum absolute atomic E-state index is 3.74. The predicted octanol–water partition coefficient (Wildman–Crippen LogP) is 3.37. The van der Waals surface area contributed by atoms with Crippen molar-refractivity contribution in [2.24, 2.45) is 5.92 Å². The van der Waals surface area contributed by atoms with Gasteiger partial charge in [-0.3, -0.25) is 0 Å². The maximum atomic E-state index is 3.74. The van der Waals surface area contributed by atoms with Gasteiger partial charge in [-0.05, 0) is 32.1 Å². The van der Waals surface area contributed by atoms with Crippen molar-refractivity contribution in [3.8, 4) is 0 Å². The van der Waals surface area contributed by atoms with E-state index in [1.165, 1.54) is 12.8 Å². The molecule has 0 rings (SSSR count). The third-order valence-electron chi connectivity index (χ3n) is 2.52. The number of allylic oxidation sites excluding steroid dienone is 1. The Kier molecular flexibility index (Phi) is 6.97. The quantitative estimate of drug-likeness (QED) is 0.471. The van der Waals surface area contributed by atoms with Crippen LogP contribution in [0.1, 0.15) is 47.0 Å². The largest absolute Gasteiger partial charge is 0.312 e. The Morgan fingerprint density at radius 3 is 2.31 bits per heavy atom. The fourth-order valence-corrected chi connectivity index (χ4v) is 1.52. The van der Waals surface area contributed by atoms with E-state index in [4.69, 9.17) is 0 Å². The van der Waals surface area contributed by atoms with Gasteiger partial charge in [0.15, 0.2) is 0 Å². The van der Waals surface area contributed by atoms with Gasteiger partial charge in [-0.1, -0.05) is 26.8 Å². The van der Waals surface area contributed by atoms with Crippen LogP contribution in [0.15, 0.2) is 12.7 Å². The van der Waals surface area contributed by atoms with E-state index in [1.54, 1.807) is 0 Å². The lowest BCUT2D eigenvalue weighted by Crippen LogP contribution is -2.36. The lowest BCUT2D eigenvalue weighted by atomic mass is 9.96. The van der Waals surface area contributed by atoms with Crippen molar-refractivity contribution in [3.63, 3.8) is 0 Å². The summed E-state index contributed by atoms with van der Waals surface area (Å²) >= 11 is 0. The van der Waals surface area contributed by atoms with Gasteiger partial charge in [-0.25, -0.2) is 0 Å². The van der Waals surface area contributed by atoms with E-state index in [1.807, 2.05) is 6.08 Å². The lowest BCUT2D eigenvalue weighted by Gasteiger charge is -2.23. The summed E-state index contributed by atoms with van der Waals surface area (Å²) in [5.74, 6) is 0.766. The van der Waals surface area contributed by atoms with Crippen molar-refractivity contribution >= 4 is 0 Å². The van der Waals surface area contributed by atoms with Crippen LogP contribution in [0.4, 0.5) is 0 Å². The molecule has 1 heteroatoms. The first-order valence-electron chi connectivity index (χ1n) is 5.44. The second-order valence-corrected chi connectivity index (χ2v) is 4.31. The van der Waals surface area contributed by atoms with Crippen LogP contribution in [-0.2, 0) is 0 Å². The van der Waals surface area contributed by atoms with Crippen molar-refractivity contribution in [2.75, 3.05) is 0 Å². The number of hydrogen-bond donors (Lipinski definition) is 1. The zero-order valence-corrected chi connectivity index (χ0v) is 9.64. The SMILES string of the molecule is C=CCCCC(C)C(C)NC(C)C. The van der Waals surface area contributed by atoms with Crippen LogP contribution in [0.25, 0.3) is 0 Å². The standard InChI is InChI=1S/C12H25N/c1-6-7-8-9-11(4)12(5)13-10(2)3/h6,10-13H,1,7-9H2,2-5H3. The average molecular weight is 183 g/mol. The van der Waals surface area contributed by atoms with Crippen molar-refractivity contribution in [1.29, 1.82) is 0 Å². The molecule has 0 aliphatic rings. The van der Waals surface area contributed by atoms with Crippen molar-refractivity contribution in [3.05, 3.63) is 12.7 Å². The van der Waals surface area contributed by atoms with Gasteiger partial charge in [0.25, 0.3) is 0 Å². The molecule has 0 amide bonds. The van der Waals surface area contributed by atoms with Gasteiger partial charge < -0.3 is 5.32 Å². The number of nitrogens with one attached hydrogen (secondary N) is 1. The van der Waals surface area contributed by atoms with E-state index in [0.29, 0.717) is 12.1 Å². The Morgan fingerprint density at radius 2 is 1.85 bits per heavy atom. The van der Waals surface area contributed by atoms with Gasteiger partial charge in [-0.2, -0.15) is 0 Å². The van der Waals surface area contributed by atoms with E-state index in [0.717, 1.165) is 12.3 Å². The summed E-state index contributed by atoms with van der Waals surface area (Å²) < 4.78 is 0. The summed E-state index contributed by atoms with van der Waals surface area (Å²) in [7, 11) is 0. The Labute approximate surface area is 83.6 Å².